The Labute approximate surface area is 232 Å². The van der Waals surface area contributed by atoms with Crippen LogP contribution in [0, 0.1) is 17.8 Å². The Morgan fingerprint density at radius 3 is 1.92 bits per heavy atom. The first-order valence-electron chi connectivity index (χ1n) is 15.0. The number of rotatable bonds is 3. The summed E-state index contributed by atoms with van der Waals surface area (Å²) in [5, 5.41) is 2.42. The van der Waals surface area contributed by atoms with Gasteiger partial charge in [-0.1, -0.05) is 81.4 Å². The van der Waals surface area contributed by atoms with Gasteiger partial charge in [-0.15, -0.1) is 0 Å². The third kappa shape index (κ3) is 3.80. The average Bonchev–Trinajstić information content (AvgIpc) is 3.30. The molecule has 0 radical (unpaired) electrons. The second-order valence-electron chi connectivity index (χ2n) is 14.1. The summed E-state index contributed by atoms with van der Waals surface area (Å²) in [7, 11) is 0. The molecule has 1 nitrogen and oxygen atoms in total. The summed E-state index contributed by atoms with van der Waals surface area (Å²) >= 11 is 0. The molecule has 0 saturated heterocycles. The predicted molar refractivity (Wildman–Crippen MR) is 163 cm³/mol. The van der Waals surface area contributed by atoms with E-state index in [2.05, 4.69) is 106 Å². The van der Waals surface area contributed by atoms with Crippen LogP contribution in [0.5, 0.6) is 0 Å². The van der Waals surface area contributed by atoms with Gasteiger partial charge in [-0.25, -0.2) is 0 Å². The molecule has 5 aromatic rings. The van der Waals surface area contributed by atoms with Gasteiger partial charge in [0.25, 0.3) is 0 Å². The lowest BCUT2D eigenvalue weighted by atomic mass is 9.48. The fourth-order valence-corrected chi connectivity index (χ4v) is 8.80. The van der Waals surface area contributed by atoms with E-state index in [9.17, 15) is 0 Å². The van der Waals surface area contributed by atoms with Crippen molar-refractivity contribution in [1.29, 1.82) is 0 Å². The van der Waals surface area contributed by atoms with Crippen molar-refractivity contribution in [2.75, 3.05) is 0 Å². The number of benzene rings is 4. The molecule has 0 aliphatic heterocycles. The largest absolute Gasteiger partial charge is 0.455 e. The van der Waals surface area contributed by atoms with Gasteiger partial charge in [0.15, 0.2) is 0 Å². The number of furan rings is 1. The first-order valence-corrected chi connectivity index (χ1v) is 15.0. The van der Waals surface area contributed by atoms with Crippen LogP contribution in [0.15, 0.2) is 89.3 Å². The maximum Gasteiger partial charge on any atom is 0.143 e. The molecule has 4 bridgehead atoms. The Kier molecular flexibility index (Phi) is 5.04. The van der Waals surface area contributed by atoms with Gasteiger partial charge in [0.2, 0.25) is 0 Å². The zero-order valence-corrected chi connectivity index (χ0v) is 23.5. The van der Waals surface area contributed by atoms with Gasteiger partial charge in [-0.3, -0.25) is 0 Å². The lowest BCUT2D eigenvalue weighted by Crippen LogP contribution is -2.48. The molecule has 0 atom stereocenters. The van der Waals surface area contributed by atoms with Crippen molar-refractivity contribution in [1.82, 2.24) is 0 Å². The van der Waals surface area contributed by atoms with Crippen LogP contribution in [0.3, 0.4) is 0 Å². The van der Waals surface area contributed by atoms with E-state index >= 15 is 0 Å². The normalized spacial score (nSPS) is 26.1. The molecule has 1 heterocycles. The number of fused-ring (bicyclic) bond motifs is 3. The smallest absolute Gasteiger partial charge is 0.143 e. The maximum absolute atomic E-state index is 6.63. The predicted octanol–water partition coefficient (Wildman–Crippen LogP) is 10.7. The van der Waals surface area contributed by atoms with Crippen molar-refractivity contribution in [3.63, 3.8) is 0 Å². The van der Waals surface area contributed by atoms with Gasteiger partial charge in [-0.05, 0) is 119 Å². The van der Waals surface area contributed by atoms with Gasteiger partial charge in [0.05, 0.1) is 0 Å². The third-order valence-corrected chi connectivity index (χ3v) is 10.4. The second kappa shape index (κ2) is 8.34. The molecule has 4 aromatic carbocycles. The van der Waals surface area contributed by atoms with Crippen molar-refractivity contribution in [3.8, 4) is 22.3 Å². The molecule has 4 saturated carbocycles. The van der Waals surface area contributed by atoms with Crippen LogP contribution in [0.1, 0.15) is 70.4 Å². The summed E-state index contributed by atoms with van der Waals surface area (Å²) in [6.45, 7) is 6.93. The summed E-state index contributed by atoms with van der Waals surface area (Å²) in [6, 6.07) is 31.7. The van der Waals surface area contributed by atoms with E-state index in [-0.39, 0.29) is 5.41 Å². The molecular formula is C38H38O. The van der Waals surface area contributed by atoms with Crippen molar-refractivity contribution in [3.05, 3.63) is 96.1 Å². The maximum atomic E-state index is 6.63. The van der Waals surface area contributed by atoms with Gasteiger partial charge >= 0.3 is 0 Å². The molecule has 0 spiro atoms. The average molecular weight is 511 g/mol. The van der Waals surface area contributed by atoms with Crippen LogP contribution in [0.25, 0.3) is 44.2 Å². The summed E-state index contributed by atoms with van der Waals surface area (Å²) in [4.78, 5) is 0. The van der Waals surface area contributed by atoms with E-state index < -0.39 is 0 Å². The van der Waals surface area contributed by atoms with Crippen LogP contribution in [-0.2, 0) is 10.8 Å². The first kappa shape index (κ1) is 23.6. The minimum atomic E-state index is 0.0444. The van der Waals surface area contributed by atoms with Gasteiger partial charge in [0.1, 0.15) is 11.2 Å². The SMILES string of the molecule is CC(C)(C)c1cc(-c2ccc(C34CC5CC(CC(C5)C3)C4)cc2)c2oc3ccc(-c4ccccc4)cc3c2c1. The topological polar surface area (TPSA) is 13.1 Å². The lowest BCUT2D eigenvalue weighted by Gasteiger charge is -2.57. The van der Waals surface area contributed by atoms with Crippen LogP contribution in [0.2, 0.25) is 0 Å². The standard InChI is InChI=1S/C38H38O/c1-37(2,3)31-19-32(28-9-12-30(13-10-28)38-21-24-15-25(22-38)17-26(16-24)23-38)36-34(20-31)33-18-29(11-14-35(33)39-36)27-7-5-4-6-8-27/h4-14,18-20,24-26H,15-17,21-23H2,1-3H3. The van der Waals surface area contributed by atoms with E-state index in [0.717, 1.165) is 28.9 Å². The van der Waals surface area contributed by atoms with Crippen LogP contribution in [0.4, 0.5) is 0 Å². The summed E-state index contributed by atoms with van der Waals surface area (Å²) < 4.78 is 6.63. The zero-order chi connectivity index (χ0) is 26.4. The molecule has 4 aliphatic rings. The summed E-state index contributed by atoms with van der Waals surface area (Å²) in [5.74, 6) is 2.90. The van der Waals surface area contributed by atoms with E-state index in [1.807, 2.05) is 0 Å². The number of hydrogen-bond acceptors (Lipinski definition) is 1. The van der Waals surface area contributed by atoms with E-state index in [4.69, 9.17) is 4.42 Å². The van der Waals surface area contributed by atoms with Crippen molar-refractivity contribution in [2.45, 2.75) is 70.1 Å². The molecule has 39 heavy (non-hydrogen) atoms. The Hall–Kier alpha value is -3.32. The molecular weight excluding hydrogens is 472 g/mol. The molecule has 0 unspecified atom stereocenters. The molecule has 1 heteroatoms. The molecule has 1 aromatic heterocycles. The van der Waals surface area contributed by atoms with E-state index in [1.165, 1.54) is 77.1 Å². The van der Waals surface area contributed by atoms with Crippen LogP contribution in [-0.4, -0.2) is 0 Å². The lowest BCUT2D eigenvalue weighted by molar-refractivity contribution is -0.00518. The van der Waals surface area contributed by atoms with Crippen LogP contribution < -0.4 is 0 Å². The van der Waals surface area contributed by atoms with Gasteiger partial charge in [0, 0.05) is 16.3 Å². The van der Waals surface area contributed by atoms with Gasteiger partial charge in [-0.2, -0.15) is 0 Å². The summed E-state index contributed by atoms with van der Waals surface area (Å²) in [6.07, 6.45) is 8.72. The minimum Gasteiger partial charge on any atom is -0.455 e. The second-order valence-corrected chi connectivity index (χ2v) is 14.1. The molecule has 4 fully saturated rings. The highest BCUT2D eigenvalue weighted by Gasteiger charge is 2.51. The molecule has 9 rings (SSSR count). The Bertz CT molecular complexity index is 1660. The first-order chi connectivity index (χ1) is 18.8. The van der Waals surface area contributed by atoms with Crippen molar-refractivity contribution < 1.29 is 4.42 Å². The highest BCUT2D eigenvalue weighted by atomic mass is 16.3. The van der Waals surface area contributed by atoms with E-state index in [1.54, 1.807) is 5.56 Å². The van der Waals surface area contributed by atoms with Crippen LogP contribution >= 0.6 is 0 Å². The fourth-order valence-electron chi connectivity index (χ4n) is 8.80. The zero-order valence-electron chi connectivity index (χ0n) is 23.5. The highest BCUT2D eigenvalue weighted by Crippen LogP contribution is 2.60. The molecule has 0 N–H and O–H groups in total. The Balaban J connectivity index is 1.26. The Morgan fingerprint density at radius 2 is 1.28 bits per heavy atom. The monoisotopic (exact) mass is 510 g/mol. The number of hydrogen-bond donors (Lipinski definition) is 0. The molecule has 4 aliphatic carbocycles. The van der Waals surface area contributed by atoms with Crippen molar-refractivity contribution >= 4 is 21.9 Å². The van der Waals surface area contributed by atoms with Crippen molar-refractivity contribution in [2.24, 2.45) is 17.8 Å². The minimum absolute atomic E-state index is 0.0444. The molecule has 196 valence electrons. The van der Waals surface area contributed by atoms with Gasteiger partial charge < -0.3 is 4.42 Å². The van der Waals surface area contributed by atoms with E-state index in [0.29, 0.717) is 5.41 Å². The molecule has 0 amide bonds. The Morgan fingerprint density at radius 1 is 0.641 bits per heavy atom. The third-order valence-electron chi connectivity index (χ3n) is 10.4. The fraction of sp³-hybridized carbons (Fsp3) is 0.368. The quantitative estimate of drug-likeness (QED) is 0.235. The summed E-state index contributed by atoms with van der Waals surface area (Å²) in [5.41, 5.74) is 10.3. The highest BCUT2D eigenvalue weighted by molar-refractivity contribution is 6.11.